The van der Waals surface area contributed by atoms with Crippen molar-refractivity contribution in [1.82, 2.24) is 10.3 Å². The lowest BCUT2D eigenvalue weighted by Crippen LogP contribution is -2.25. The van der Waals surface area contributed by atoms with Crippen LogP contribution in [-0.4, -0.2) is 16.8 Å². The maximum Gasteiger partial charge on any atom is 0.253 e. The average molecular weight is 432 g/mol. The highest BCUT2D eigenvalue weighted by atomic mass is 32.1. The number of rotatable bonds is 7. The molecule has 7 heteroatoms. The number of nitrogens with one attached hydrogen (secondary N) is 2. The maximum atomic E-state index is 12.6. The van der Waals surface area contributed by atoms with Crippen LogP contribution in [0.25, 0.3) is 10.6 Å². The van der Waals surface area contributed by atoms with Gasteiger partial charge in [0.1, 0.15) is 10.8 Å². The summed E-state index contributed by atoms with van der Waals surface area (Å²) in [6.07, 6.45) is 1.68. The van der Waals surface area contributed by atoms with Gasteiger partial charge in [0.2, 0.25) is 5.91 Å². The molecule has 0 unspecified atom stereocenters. The van der Waals surface area contributed by atoms with Gasteiger partial charge in [0, 0.05) is 10.9 Å². The van der Waals surface area contributed by atoms with Gasteiger partial charge in [-0.15, -0.1) is 11.3 Å². The van der Waals surface area contributed by atoms with E-state index >= 15 is 0 Å². The third-order valence-corrected chi connectivity index (χ3v) is 5.55. The minimum absolute atomic E-state index is 0.130. The number of hydrogen-bond acceptors (Lipinski definition) is 5. The fourth-order valence-corrected chi connectivity index (χ4v) is 3.94. The Hall–Kier alpha value is -3.71. The average Bonchev–Trinajstić information content (AvgIpc) is 3.44. The summed E-state index contributed by atoms with van der Waals surface area (Å²) in [5.74, 6) is 0.137. The van der Waals surface area contributed by atoms with E-state index in [-0.39, 0.29) is 24.8 Å². The van der Waals surface area contributed by atoms with Gasteiger partial charge in [-0.05, 0) is 37.3 Å². The van der Waals surface area contributed by atoms with E-state index in [9.17, 15) is 9.59 Å². The number of hydrogen-bond donors (Lipinski definition) is 2. The first-order chi connectivity index (χ1) is 15.1. The van der Waals surface area contributed by atoms with Crippen LogP contribution in [0.2, 0.25) is 0 Å². The predicted molar refractivity (Wildman–Crippen MR) is 121 cm³/mol. The Balaban J connectivity index is 1.40. The first-order valence-electron chi connectivity index (χ1n) is 9.79. The minimum Gasteiger partial charge on any atom is -0.467 e. The molecule has 0 atom stereocenters. The van der Waals surface area contributed by atoms with Crippen molar-refractivity contribution in [2.45, 2.75) is 19.9 Å². The van der Waals surface area contributed by atoms with Crippen LogP contribution in [0.15, 0.2) is 76.7 Å². The van der Waals surface area contributed by atoms with Crippen molar-refractivity contribution >= 4 is 28.8 Å². The van der Waals surface area contributed by atoms with Crippen LogP contribution in [-0.2, 0) is 17.8 Å². The SMILES string of the molecule is Cc1cccc(-c2nc(CC(=O)Nc3ccccc3C(=O)NCc3ccco3)cs2)c1. The molecule has 2 aromatic carbocycles. The lowest BCUT2D eigenvalue weighted by atomic mass is 10.1. The first-order valence-corrected chi connectivity index (χ1v) is 10.7. The van der Waals surface area contributed by atoms with Gasteiger partial charge >= 0.3 is 0 Å². The summed E-state index contributed by atoms with van der Waals surface area (Å²) in [4.78, 5) is 29.8. The van der Waals surface area contributed by atoms with E-state index in [0.717, 1.165) is 16.1 Å². The highest BCUT2D eigenvalue weighted by molar-refractivity contribution is 7.13. The molecule has 0 saturated carbocycles. The number of aryl methyl sites for hydroxylation is 1. The molecule has 2 heterocycles. The van der Waals surface area contributed by atoms with Gasteiger partial charge < -0.3 is 15.1 Å². The van der Waals surface area contributed by atoms with Crippen molar-refractivity contribution in [1.29, 1.82) is 0 Å². The lowest BCUT2D eigenvalue weighted by Gasteiger charge is -2.10. The molecule has 0 bridgehead atoms. The third kappa shape index (κ3) is 5.26. The number of furan rings is 1. The molecule has 0 aliphatic heterocycles. The fourth-order valence-electron chi connectivity index (χ4n) is 3.12. The number of carbonyl (C=O) groups excluding carboxylic acids is 2. The zero-order valence-corrected chi connectivity index (χ0v) is 17.7. The molecule has 0 aliphatic rings. The molecule has 2 aromatic heterocycles. The van der Waals surface area contributed by atoms with E-state index in [2.05, 4.69) is 21.7 Å². The van der Waals surface area contributed by atoms with Crippen LogP contribution >= 0.6 is 11.3 Å². The van der Waals surface area contributed by atoms with Gasteiger partial charge in [0.15, 0.2) is 0 Å². The molecular weight excluding hydrogens is 410 g/mol. The van der Waals surface area contributed by atoms with Crippen LogP contribution in [0.3, 0.4) is 0 Å². The second-order valence-electron chi connectivity index (χ2n) is 7.05. The summed E-state index contributed by atoms with van der Waals surface area (Å²) >= 11 is 1.51. The molecule has 0 spiro atoms. The largest absolute Gasteiger partial charge is 0.467 e. The van der Waals surface area contributed by atoms with Crippen LogP contribution in [0, 0.1) is 6.92 Å². The predicted octanol–water partition coefficient (Wildman–Crippen LogP) is 4.82. The van der Waals surface area contributed by atoms with Crippen molar-refractivity contribution in [3.8, 4) is 10.6 Å². The van der Waals surface area contributed by atoms with Gasteiger partial charge in [-0.3, -0.25) is 9.59 Å². The number of nitrogens with zero attached hydrogens (tertiary/aromatic N) is 1. The number of benzene rings is 2. The molecule has 0 radical (unpaired) electrons. The van der Waals surface area contributed by atoms with E-state index < -0.39 is 0 Å². The highest BCUT2D eigenvalue weighted by Crippen LogP contribution is 2.25. The van der Waals surface area contributed by atoms with Gasteiger partial charge in [-0.2, -0.15) is 0 Å². The molecule has 0 saturated heterocycles. The van der Waals surface area contributed by atoms with E-state index in [1.807, 2.05) is 30.5 Å². The molecule has 6 nitrogen and oxygen atoms in total. The van der Waals surface area contributed by atoms with E-state index in [0.29, 0.717) is 22.7 Å². The molecule has 2 N–H and O–H groups in total. The number of aromatic nitrogens is 1. The summed E-state index contributed by atoms with van der Waals surface area (Å²) < 4.78 is 5.23. The summed E-state index contributed by atoms with van der Waals surface area (Å²) in [5, 5.41) is 8.40. The second-order valence-corrected chi connectivity index (χ2v) is 7.90. The zero-order chi connectivity index (χ0) is 21.6. The van der Waals surface area contributed by atoms with Gasteiger partial charge in [-0.1, -0.05) is 35.9 Å². The Bertz CT molecular complexity index is 1200. The zero-order valence-electron chi connectivity index (χ0n) is 16.9. The van der Waals surface area contributed by atoms with Crippen molar-refractivity contribution < 1.29 is 14.0 Å². The van der Waals surface area contributed by atoms with E-state index in [1.54, 1.807) is 42.7 Å². The Labute approximate surface area is 184 Å². The number of anilines is 1. The topological polar surface area (TPSA) is 84.2 Å². The third-order valence-electron chi connectivity index (χ3n) is 4.61. The molecule has 4 aromatic rings. The quantitative estimate of drug-likeness (QED) is 0.439. The van der Waals surface area contributed by atoms with E-state index in [1.165, 1.54) is 11.3 Å². The highest BCUT2D eigenvalue weighted by Gasteiger charge is 2.15. The maximum absolute atomic E-state index is 12.6. The molecule has 0 aliphatic carbocycles. The van der Waals surface area contributed by atoms with Crippen LogP contribution in [0.1, 0.15) is 27.4 Å². The van der Waals surface area contributed by atoms with Crippen LogP contribution in [0.4, 0.5) is 5.69 Å². The summed E-state index contributed by atoms with van der Waals surface area (Å²) in [6.45, 7) is 2.31. The molecule has 4 rings (SSSR count). The number of para-hydroxylation sites is 1. The molecule has 2 amide bonds. The fraction of sp³-hybridized carbons (Fsp3) is 0.125. The lowest BCUT2D eigenvalue weighted by molar-refractivity contribution is -0.115. The Morgan fingerprint density at radius 2 is 1.94 bits per heavy atom. The van der Waals surface area contributed by atoms with Gasteiger partial charge in [0.05, 0.1) is 36.2 Å². The number of amides is 2. The number of carbonyl (C=O) groups is 2. The molecule has 0 fully saturated rings. The Morgan fingerprint density at radius 3 is 2.74 bits per heavy atom. The number of thiazole rings is 1. The standard InChI is InChI=1S/C24H21N3O3S/c1-16-6-4-7-17(12-16)24-26-18(15-31-24)13-22(28)27-21-10-3-2-9-20(21)23(29)25-14-19-8-5-11-30-19/h2-12,15H,13-14H2,1H3,(H,25,29)(H,27,28). The molecular formula is C24H21N3O3S. The summed E-state index contributed by atoms with van der Waals surface area (Å²) in [6, 6.07) is 18.6. The molecule has 31 heavy (non-hydrogen) atoms. The summed E-state index contributed by atoms with van der Waals surface area (Å²) in [7, 11) is 0. The Morgan fingerprint density at radius 1 is 1.06 bits per heavy atom. The van der Waals surface area contributed by atoms with Crippen molar-refractivity contribution in [2.24, 2.45) is 0 Å². The van der Waals surface area contributed by atoms with Crippen molar-refractivity contribution in [2.75, 3.05) is 5.32 Å². The minimum atomic E-state index is -0.289. The van der Waals surface area contributed by atoms with Crippen LogP contribution in [0.5, 0.6) is 0 Å². The van der Waals surface area contributed by atoms with Gasteiger partial charge in [-0.25, -0.2) is 4.98 Å². The van der Waals surface area contributed by atoms with Crippen LogP contribution < -0.4 is 10.6 Å². The monoisotopic (exact) mass is 431 g/mol. The smallest absolute Gasteiger partial charge is 0.253 e. The summed E-state index contributed by atoms with van der Waals surface area (Å²) in [5.41, 5.74) is 3.74. The van der Waals surface area contributed by atoms with Crippen molar-refractivity contribution in [3.05, 3.63) is 94.9 Å². The normalized spacial score (nSPS) is 10.6. The van der Waals surface area contributed by atoms with Gasteiger partial charge in [0.25, 0.3) is 5.91 Å². The van der Waals surface area contributed by atoms with Crippen molar-refractivity contribution in [3.63, 3.8) is 0 Å². The Kier molecular flexibility index (Phi) is 6.24. The first kappa shape index (κ1) is 20.6. The van der Waals surface area contributed by atoms with E-state index in [4.69, 9.17) is 4.42 Å². The molecule has 156 valence electrons. The second kappa shape index (κ2) is 9.40.